The zero-order valence-electron chi connectivity index (χ0n) is 13.3. The van der Waals surface area contributed by atoms with Gasteiger partial charge in [0, 0.05) is 15.7 Å². The molecular weight excluding hydrogens is 363 g/mol. The minimum Gasteiger partial charge on any atom is -0.489 e. The second-order valence-corrected chi connectivity index (χ2v) is 6.15. The number of aromatic nitrogens is 1. The number of aryl methyl sites for hydroxylation is 1. The van der Waals surface area contributed by atoms with E-state index in [0.29, 0.717) is 32.8 Å². The molecule has 0 aliphatic heterocycles. The maximum absolute atomic E-state index is 12.5. The van der Waals surface area contributed by atoms with E-state index in [1.807, 2.05) is 0 Å². The van der Waals surface area contributed by atoms with Crippen molar-refractivity contribution in [1.29, 1.82) is 0 Å². The molecule has 0 saturated heterocycles. The van der Waals surface area contributed by atoms with Crippen LogP contribution in [0.1, 0.15) is 21.8 Å². The highest BCUT2D eigenvalue weighted by molar-refractivity contribution is 6.31. The quantitative estimate of drug-likeness (QED) is 0.670. The van der Waals surface area contributed by atoms with Crippen molar-refractivity contribution in [2.75, 3.05) is 5.32 Å². The molecule has 25 heavy (non-hydrogen) atoms. The molecule has 0 spiro atoms. The van der Waals surface area contributed by atoms with E-state index >= 15 is 0 Å². The van der Waals surface area contributed by atoms with Crippen LogP contribution in [0.15, 0.2) is 53.1 Å². The molecule has 0 aliphatic carbocycles. The number of amides is 1. The Bertz CT molecular complexity index is 909. The van der Waals surface area contributed by atoms with Crippen LogP contribution in [0.25, 0.3) is 0 Å². The molecule has 0 saturated carbocycles. The predicted molar refractivity (Wildman–Crippen MR) is 96.4 cm³/mol. The number of benzene rings is 2. The van der Waals surface area contributed by atoms with E-state index in [0.717, 1.165) is 0 Å². The number of hydrogen-bond donors (Lipinski definition) is 1. The Morgan fingerprint density at radius 2 is 1.88 bits per heavy atom. The first-order valence-corrected chi connectivity index (χ1v) is 8.19. The van der Waals surface area contributed by atoms with Gasteiger partial charge in [0.2, 0.25) is 0 Å². The fourth-order valence-electron chi connectivity index (χ4n) is 2.21. The molecule has 0 unspecified atom stereocenters. The van der Waals surface area contributed by atoms with Gasteiger partial charge >= 0.3 is 0 Å². The van der Waals surface area contributed by atoms with E-state index in [1.54, 1.807) is 55.5 Å². The average molecular weight is 377 g/mol. The van der Waals surface area contributed by atoms with Gasteiger partial charge in [0.05, 0.1) is 5.56 Å². The predicted octanol–water partition coefficient (Wildman–Crippen LogP) is 5.12. The van der Waals surface area contributed by atoms with Gasteiger partial charge in [-0.2, -0.15) is 0 Å². The van der Waals surface area contributed by atoms with Crippen LogP contribution in [-0.4, -0.2) is 11.1 Å². The van der Waals surface area contributed by atoms with Gasteiger partial charge in [0.25, 0.3) is 5.91 Å². The standard InChI is InChI=1S/C18H14Cl2N2O3/c1-11-16(10-24-15-7-3-5-13(20)9-15)17(22-25-11)18(23)21-14-6-2-4-12(19)8-14/h2-9H,10H2,1H3,(H,21,23). The van der Waals surface area contributed by atoms with E-state index in [2.05, 4.69) is 10.5 Å². The van der Waals surface area contributed by atoms with Gasteiger partial charge in [-0.25, -0.2) is 0 Å². The summed E-state index contributed by atoms with van der Waals surface area (Å²) in [7, 11) is 0. The number of rotatable bonds is 5. The topological polar surface area (TPSA) is 64.4 Å². The minimum atomic E-state index is -0.399. The van der Waals surface area contributed by atoms with Gasteiger partial charge in [-0.05, 0) is 43.3 Å². The zero-order chi connectivity index (χ0) is 17.8. The Hall–Kier alpha value is -2.50. The Morgan fingerprint density at radius 3 is 2.60 bits per heavy atom. The average Bonchev–Trinajstić information content (AvgIpc) is 2.94. The maximum Gasteiger partial charge on any atom is 0.278 e. The van der Waals surface area contributed by atoms with E-state index in [-0.39, 0.29) is 12.3 Å². The highest BCUT2D eigenvalue weighted by Gasteiger charge is 2.20. The van der Waals surface area contributed by atoms with Gasteiger partial charge in [-0.3, -0.25) is 4.79 Å². The van der Waals surface area contributed by atoms with Crippen LogP contribution in [0.2, 0.25) is 10.0 Å². The molecule has 0 aliphatic rings. The molecule has 3 rings (SSSR count). The molecule has 0 fully saturated rings. The smallest absolute Gasteiger partial charge is 0.278 e. The maximum atomic E-state index is 12.5. The molecule has 0 bridgehead atoms. The van der Waals surface area contributed by atoms with Crippen LogP contribution in [0.5, 0.6) is 5.75 Å². The van der Waals surface area contributed by atoms with E-state index in [4.69, 9.17) is 32.5 Å². The van der Waals surface area contributed by atoms with Crippen molar-refractivity contribution in [1.82, 2.24) is 5.16 Å². The van der Waals surface area contributed by atoms with Crippen LogP contribution in [0, 0.1) is 6.92 Å². The summed E-state index contributed by atoms with van der Waals surface area (Å²) >= 11 is 11.9. The molecule has 1 heterocycles. The summed E-state index contributed by atoms with van der Waals surface area (Å²) < 4.78 is 10.8. The molecule has 1 aromatic heterocycles. The van der Waals surface area contributed by atoms with Crippen LogP contribution in [0.4, 0.5) is 5.69 Å². The summed E-state index contributed by atoms with van der Waals surface area (Å²) in [4.78, 5) is 12.5. The molecule has 1 amide bonds. The van der Waals surface area contributed by atoms with Crippen molar-refractivity contribution in [3.8, 4) is 5.75 Å². The monoisotopic (exact) mass is 376 g/mol. The highest BCUT2D eigenvalue weighted by Crippen LogP contribution is 2.22. The molecule has 0 atom stereocenters. The number of nitrogens with one attached hydrogen (secondary N) is 1. The van der Waals surface area contributed by atoms with Crippen LogP contribution in [-0.2, 0) is 6.61 Å². The molecule has 3 aromatic rings. The van der Waals surface area contributed by atoms with Gasteiger partial charge < -0.3 is 14.6 Å². The molecular formula is C18H14Cl2N2O3. The molecule has 2 aromatic carbocycles. The fraction of sp³-hybridized carbons (Fsp3) is 0.111. The summed E-state index contributed by atoms with van der Waals surface area (Å²) in [5, 5.41) is 7.67. The number of hydrogen-bond acceptors (Lipinski definition) is 4. The summed E-state index contributed by atoms with van der Waals surface area (Å²) in [5.41, 5.74) is 1.30. The lowest BCUT2D eigenvalue weighted by Gasteiger charge is -2.08. The normalized spacial score (nSPS) is 10.5. The van der Waals surface area contributed by atoms with Crippen molar-refractivity contribution < 1.29 is 14.1 Å². The highest BCUT2D eigenvalue weighted by atomic mass is 35.5. The summed E-state index contributed by atoms with van der Waals surface area (Å²) in [6, 6.07) is 13.9. The zero-order valence-corrected chi connectivity index (χ0v) is 14.8. The molecule has 128 valence electrons. The van der Waals surface area contributed by atoms with E-state index in [1.165, 1.54) is 0 Å². The van der Waals surface area contributed by atoms with Crippen molar-refractivity contribution >= 4 is 34.8 Å². The molecule has 5 nitrogen and oxygen atoms in total. The largest absolute Gasteiger partial charge is 0.489 e. The number of halogens is 2. The second kappa shape index (κ2) is 7.59. The van der Waals surface area contributed by atoms with Gasteiger partial charge in [-0.1, -0.05) is 40.5 Å². The summed E-state index contributed by atoms with van der Waals surface area (Å²) in [6.45, 7) is 1.85. The first-order valence-electron chi connectivity index (χ1n) is 7.43. The third kappa shape index (κ3) is 4.32. The second-order valence-electron chi connectivity index (χ2n) is 5.28. The third-order valence-electron chi connectivity index (χ3n) is 3.46. The van der Waals surface area contributed by atoms with E-state index in [9.17, 15) is 4.79 Å². The van der Waals surface area contributed by atoms with Crippen molar-refractivity contribution in [2.45, 2.75) is 13.5 Å². The SMILES string of the molecule is Cc1onc(C(=O)Nc2cccc(Cl)c2)c1COc1cccc(Cl)c1. The van der Waals surface area contributed by atoms with E-state index < -0.39 is 5.91 Å². The van der Waals surface area contributed by atoms with Crippen LogP contribution < -0.4 is 10.1 Å². The van der Waals surface area contributed by atoms with Gasteiger partial charge in [0.1, 0.15) is 18.1 Å². The number of carbonyl (C=O) groups excluding carboxylic acids is 1. The van der Waals surface area contributed by atoms with Gasteiger partial charge in [-0.15, -0.1) is 0 Å². The summed E-state index contributed by atoms with van der Waals surface area (Å²) in [5.74, 6) is 0.705. The third-order valence-corrected chi connectivity index (χ3v) is 3.93. The Morgan fingerprint density at radius 1 is 1.16 bits per heavy atom. The minimum absolute atomic E-state index is 0.133. The lowest BCUT2D eigenvalue weighted by Crippen LogP contribution is -2.15. The van der Waals surface area contributed by atoms with Crippen LogP contribution in [0.3, 0.4) is 0 Å². The van der Waals surface area contributed by atoms with Crippen molar-refractivity contribution in [2.24, 2.45) is 0 Å². The van der Waals surface area contributed by atoms with Gasteiger partial charge in [0.15, 0.2) is 5.69 Å². The number of carbonyl (C=O) groups is 1. The first kappa shape index (κ1) is 17.3. The Kier molecular flexibility index (Phi) is 5.26. The number of anilines is 1. The fourth-order valence-corrected chi connectivity index (χ4v) is 2.58. The Labute approximate surface area is 154 Å². The summed E-state index contributed by atoms with van der Waals surface area (Å²) in [6.07, 6.45) is 0. The first-order chi connectivity index (χ1) is 12.0. The number of ether oxygens (including phenoxy) is 1. The van der Waals surface area contributed by atoms with Crippen LogP contribution >= 0.6 is 23.2 Å². The van der Waals surface area contributed by atoms with Crippen molar-refractivity contribution in [3.05, 3.63) is 75.6 Å². The molecule has 0 radical (unpaired) electrons. The molecule has 7 heteroatoms. The Balaban J connectivity index is 1.75. The lowest BCUT2D eigenvalue weighted by atomic mass is 10.2. The lowest BCUT2D eigenvalue weighted by molar-refractivity contribution is 0.101. The molecule has 1 N–H and O–H groups in total. The van der Waals surface area contributed by atoms with Crippen molar-refractivity contribution in [3.63, 3.8) is 0 Å². The number of nitrogens with zero attached hydrogens (tertiary/aromatic N) is 1.